The number of H-pyrrole nitrogens is 1. The van der Waals surface area contributed by atoms with Crippen LogP contribution in [0.25, 0.3) is 16.5 Å². The molecule has 0 bridgehead atoms. The molecule has 0 saturated heterocycles. The summed E-state index contributed by atoms with van der Waals surface area (Å²) in [6, 6.07) is 15.2. The van der Waals surface area contributed by atoms with Crippen LogP contribution in [-0.2, 0) is 6.42 Å². The lowest BCUT2D eigenvalue weighted by Gasteiger charge is -2.27. The molecule has 0 saturated carbocycles. The molecule has 5 rings (SSSR count). The summed E-state index contributed by atoms with van der Waals surface area (Å²) in [5.41, 5.74) is 8.10. The number of aromatic amines is 1. The van der Waals surface area contributed by atoms with Crippen LogP contribution in [0, 0.1) is 11.3 Å². The fourth-order valence-electron chi connectivity index (χ4n) is 4.64. The molecule has 4 heteroatoms. The van der Waals surface area contributed by atoms with Gasteiger partial charge in [0, 0.05) is 11.1 Å². The Morgan fingerprint density at radius 3 is 2.89 bits per heavy atom. The molecule has 4 nitrogen and oxygen atoms in total. The molecule has 1 aromatic heterocycles. The third-order valence-electron chi connectivity index (χ3n) is 6.09. The van der Waals surface area contributed by atoms with E-state index in [1.165, 1.54) is 34.9 Å². The zero-order chi connectivity index (χ0) is 18.9. The first-order valence-electron chi connectivity index (χ1n) is 10.3. The summed E-state index contributed by atoms with van der Waals surface area (Å²) in [5, 5.41) is 21.9. The lowest BCUT2D eigenvalue weighted by Crippen LogP contribution is -2.17. The van der Waals surface area contributed by atoms with Crippen molar-refractivity contribution in [3.63, 3.8) is 0 Å². The van der Waals surface area contributed by atoms with E-state index in [1.54, 1.807) is 0 Å². The van der Waals surface area contributed by atoms with Gasteiger partial charge in [0.2, 0.25) is 0 Å². The van der Waals surface area contributed by atoms with Gasteiger partial charge >= 0.3 is 0 Å². The number of anilines is 1. The second-order valence-electron chi connectivity index (χ2n) is 7.92. The van der Waals surface area contributed by atoms with Crippen LogP contribution in [0.1, 0.15) is 67.0 Å². The van der Waals surface area contributed by atoms with Crippen molar-refractivity contribution in [1.29, 1.82) is 5.26 Å². The van der Waals surface area contributed by atoms with Crippen LogP contribution in [0.15, 0.2) is 42.5 Å². The maximum atomic E-state index is 9.17. The summed E-state index contributed by atoms with van der Waals surface area (Å²) < 4.78 is 0. The number of fused-ring (bicyclic) bond motifs is 2. The minimum absolute atomic E-state index is 0.290. The number of hydrogen-bond acceptors (Lipinski definition) is 3. The zero-order valence-corrected chi connectivity index (χ0v) is 16.0. The highest BCUT2D eigenvalue weighted by molar-refractivity contribution is 5.92. The largest absolute Gasteiger partial charge is 0.378 e. The standard InChI is InChI=1S/C24H24N4/c25-15-16-9-11-20-18(13-16)7-4-8-22(20)26-19-10-12-23-21(14-19)24(28-27-23)17-5-2-1-3-6-17/h5,9-14,22,26H,1-4,6-8H2,(H,27,28). The Morgan fingerprint density at radius 2 is 2.04 bits per heavy atom. The van der Waals surface area contributed by atoms with Gasteiger partial charge in [0.15, 0.2) is 0 Å². The van der Waals surface area contributed by atoms with Crippen molar-refractivity contribution in [2.75, 3.05) is 5.32 Å². The van der Waals surface area contributed by atoms with E-state index in [0.29, 0.717) is 0 Å². The van der Waals surface area contributed by atoms with Gasteiger partial charge in [-0.1, -0.05) is 12.1 Å². The van der Waals surface area contributed by atoms with Crippen molar-refractivity contribution in [1.82, 2.24) is 10.2 Å². The topological polar surface area (TPSA) is 64.5 Å². The number of aromatic nitrogens is 2. The predicted molar refractivity (Wildman–Crippen MR) is 113 cm³/mol. The molecule has 0 aliphatic heterocycles. The average molecular weight is 368 g/mol. The molecule has 1 heterocycles. The van der Waals surface area contributed by atoms with Crippen LogP contribution in [0.5, 0.6) is 0 Å². The summed E-state index contributed by atoms with van der Waals surface area (Å²) in [7, 11) is 0. The van der Waals surface area contributed by atoms with Gasteiger partial charge < -0.3 is 5.32 Å². The van der Waals surface area contributed by atoms with Crippen LogP contribution in [0.3, 0.4) is 0 Å². The number of nitriles is 1. The Bertz CT molecular complexity index is 1100. The smallest absolute Gasteiger partial charge is 0.0991 e. The molecule has 1 unspecified atom stereocenters. The highest BCUT2D eigenvalue weighted by atomic mass is 15.1. The third-order valence-corrected chi connectivity index (χ3v) is 6.09. The predicted octanol–water partition coefficient (Wildman–Crippen LogP) is 5.88. The number of nitrogens with one attached hydrogen (secondary N) is 2. The van der Waals surface area contributed by atoms with E-state index in [1.807, 2.05) is 6.07 Å². The first kappa shape index (κ1) is 17.1. The second-order valence-corrected chi connectivity index (χ2v) is 7.92. The van der Waals surface area contributed by atoms with Gasteiger partial charge in [-0.15, -0.1) is 0 Å². The van der Waals surface area contributed by atoms with Gasteiger partial charge in [-0.2, -0.15) is 10.4 Å². The van der Waals surface area contributed by atoms with E-state index in [-0.39, 0.29) is 6.04 Å². The molecule has 0 amide bonds. The number of nitrogens with zero attached hydrogens (tertiary/aromatic N) is 2. The molecule has 2 aliphatic rings. The van der Waals surface area contributed by atoms with Gasteiger partial charge in [0.05, 0.1) is 28.9 Å². The minimum Gasteiger partial charge on any atom is -0.378 e. The molecule has 0 fully saturated rings. The maximum Gasteiger partial charge on any atom is 0.0991 e. The van der Waals surface area contributed by atoms with Gasteiger partial charge in [-0.25, -0.2) is 0 Å². The Balaban J connectivity index is 1.46. The highest BCUT2D eigenvalue weighted by Crippen LogP contribution is 2.35. The van der Waals surface area contributed by atoms with Crippen LogP contribution in [0.4, 0.5) is 5.69 Å². The van der Waals surface area contributed by atoms with Crippen molar-refractivity contribution in [2.24, 2.45) is 0 Å². The Labute approximate surface area is 165 Å². The zero-order valence-electron chi connectivity index (χ0n) is 16.0. The molecule has 3 aromatic rings. The van der Waals surface area contributed by atoms with E-state index in [0.717, 1.165) is 54.6 Å². The van der Waals surface area contributed by atoms with E-state index >= 15 is 0 Å². The van der Waals surface area contributed by atoms with Gasteiger partial charge in [0.1, 0.15) is 0 Å². The highest BCUT2D eigenvalue weighted by Gasteiger charge is 2.21. The summed E-state index contributed by atoms with van der Waals surface area (Å²) in [4.78, 5) is 0. The van der Waals surface area contributed by atoms with Gasteiger partial charge in [-0.3, -0.25) is 5.10 Å². The Morgan fingerprint density at radius 1 is 1.07 bits per heavy atom. The van der Waals surface area contributed by atoms with E-state index in [2.05, 4.69) is 58.0 Å². The van der Waals surface area contributed by atoms with Crippen molar-refractivity contribution < 1.29 is 0 Å². The van der Waals surface area contributed by atoms with Crippen LogP contribution >= 0.6 is 0 Å². The van der Waals surface area contributed by atoms with Gasteiger partial charge in [-0.05, 0) is 92.0 Å². The third kappa shape index (κ3) is 3.07. The lowest BCUT2D eigenvalue weighted by molar-refractivity contribution is 0.600. The normalized spacial score (nSPS) is 19.0. The number of allylic oxidation sites excluding steroid dienone is 2. The molecule has 140 valence electrons. The monoisotopic (exact) mass is 368 g/mol. The molecular formula is C24H24N4. The van der Waals surface area contributed by atoms with E-state index in [9.17, 15) is 5.26 Å². The number of aryl methyl sites for hydroxylation is 1. The molecular weight excluding hydrogens is 344 g/mol. The minimum atomic E-state index is 0.290. The first-order valence-corrected chi connectivity index (χ1v) is 10.3. The number of rotatable bonds is 3. The molecule has 2 aromatic carbocycles. The Kier molecular flexibility index (Phi) is 4.37. The summed E-state index contributed by atoms with van der Waals surface area (Å²) >= 11 is 0. The number of hydrogen-bond donors (Lipinski definition) is 2. The Hall–Kier alpha value is -3.06. The van der Waals surface area contributed by atoms with Crippen LogP contribution in [-0.4, -0.2) is 10.2 Å². The maximum absolute atomic E-state index is 9.17. The molecule has 2 N–H and O–H groups in total. The fraction of sp³-hybridized carbons (Fsp3) is 0.333. The van der Waals surface area contributed by atoms with Gasteiger partial charge in [0.25, 0.3) is 0 Å². The van der Waals surface area contributed by atoms with E-state index < -0.39 is 0 Å². The second kappa shape index (κ2) is 7.16. The average Bonchev–Trinajstić information content (AvgIpc) is 3.17. The molecule has 2 aliphatic carbocycles. The molecule has 0 radical (unpaired) electrons. The molecule has 1 atom stereocenters. The van der Waals surface area contributed by atoms with Crippen molar-refractivity contribution in [3.8, 4) is 6.07 Å². The van der Waals surface area contributed by atoms with Crippen molar-refractivity contribution in [2.45, 2.75) is 51.0 Å². The summed E-state index contributed by atoms with van der Waals surface area (Å²) in [6.45, 7) is 0. The van der Waals surface area contributed by atoms with Crippen LogP contribution < -0.4 is 5.32 Å². The number of benzene rings is 2. The molecule has 0 spiro atoms. The van der Waals surface area contributed by atoms with Crippen molar-refractivity contribution in [3.05, 3.63) is 64.9 Å². The molecule has 28 heavy (non-hydrogen) atoms. The lowest BCUT2D eigenvalue weighted by atomic mass is 9.86. The summed E-state index contributed by atoms with van der Waals surface area (Å²) in [6.07, 6.45) is 10.5. The van der Waals surface area contributed by atoms with Crippen molar-refractivity contribution >= 4 is 22.2 Å². The fourth-order valence-corrected chi connectivity index (χ4v) is 4.64. The first-order chi connectivity index (χ1) is 13.8. The van der Waals surface area contributed by atoms with E-state index in [4.69, 9.17) is 0 Å². The van der Waals surface area contributed by atoms with Crippen LogP contribution in [0.2, 0.25) is 0 Å². The summed E-state index contributed by atoms with van der Waals surface area (Å²) in [5.74, 6) is 0. The quantitative estimate of drug-likeness (QED) is 0.606. The SMILES string of the molecule is N#Cc1ccc2c(c1)CCCC2Nc1ccc2[nH]nc(C3=CCCCC3)c2c1.